The van der Waals surface area contributed by atoms with Crippen LogP contribution >= 0.6 is 22.7 Å². The number of phenols is 1. The number of thiazole rings is 1. The Morgan fingerprint density at radius 2 is 1.74 bits per heavy atom. The number of aromatic nitrogens is 1. The molecule has 0 unspecified atom stereocenters. The van der Waals surface area contributed by atoms with Crippen LogP contribution in [0.1, 0.15) is 10.6 Å². The van der Waals surface area contributed by atoms with Gasteiger partial charge in [0.15, 0.2) is 11.5 Å². The van der Waals surface area contributed by atoms with E-state index in [0.717, 1.165) is 30.9 Å². The average Bonchev–Trinajstić information content (AvgIpc) is 3.32. The fraction of sp³-hybridized carbons (Fsp3) is 0.150. The quantitative estimate of drug-likeness (QED) is 0.486. The summed E-state index contributed by atoms with van der Waals surface area (Å²) >= 11 is 3.12. The lowest BCUT2D eigenvalue weighted by atomic mass is 10.1. The van der Waals surface area contributed by atoms with Crippen LogP contribution in [0.5, 0.6) is 23.0 Å². The number of hydrogen-bond acceptors (Lipinski definition) is 7. The minimum atomic E-state index is 0.294. The van der Waals surface area contributed by atoms with E-state index < -0.39 is 0 Å². The van der Waals surface area contributed by atoms with Crippen LogP contribution < -0.4 is 14.2 Å². The first-order valence-electron chi connectivity index (χ1n) is 8.12. The summed E-state index contributed by atoms with van der Waals surface area (Å²) in [6.07, 6.45) is 3.90. The molecule has 0 radical (unpaired) electrons. The zero-order valence-electron chi connectivity index (χ0n) is 15.0. The SMILES string of the molecule is COc1cc(/C=C/c2nc3c(cc(O)c4ccsc43)s2)cc(OC)c1OC. The highest BCUT2D eigenvalue weighted by atomic mass is 32.1. The smallest absolute Gasteiger partial charge is 0.203 e. The van der Waals surface area contributed by atoms with Crippen LogP contribution in [0.3, 0.4) is 0 Å². The standard InChI is InChI=1S/C20H17NO4S2/c1-23-14-8-11(9-15(24-2)19(14)25-3)4-5-17-21-18-16(27-17)10-13(22)12-6-7-26-20(12)18/h4-10,22H,1-3H3/b5-4+. The second kappa shape index (κ2) is 7.09. The van der Waals surface area contributed by atoms with E-state index >= 15 is 0 Å². The first-order valence-corrected chi connectivity index (χ1v) is 9.82. The third-order valence-electron chi connectivity index (χ3n) is 4.20. The number of rotatable bonds is 5. The molecule has 0 amide bonds. The van der Waals surface area contributed by atoms with Crippen molar-refractivity contribution in [2.45, 2.75) is 0 Å². The maximum Gasteiger partial charge on any atom is 0.203 e. The Bertz CT molecular complexity index is 1130. The van der Waals surface area contributed by atoms with Gasteiger partial charge >= 0.3 is 0 Å². The summed E-state index contributed by atoms with van der Waals surface area (Å²) in [7, 11) is 4.77. The number of thiophene rings is 1. The fourth-order valence-corrected chi connectivity index (χ4v) is 4.83. The van der Waals surface area contributed by atoms with Gasteiger partial charge in [-0.3, -0.25) is 0 Å². The van der Waals surface area contributed by atoms with E-state index in [4.69, 9.17) is 19.2 Å². The second-order valence-corrected chi connectivity index (χ2v) is 7.73. The predicted molar refractivity (Wildman–Crippen MR) is 112 cm³/mol. The summed E-state index contributed by atoms with van der Waals surface area (Å²) in [6.45, 7) is 0. The van der Waals surface area contributed by atoms with E-state index in [-0.39, 0.29) is 0 Å². The number of phenolic OH excluding ortho intramolecular Hbond substituents is 1. The first kappa shape index (κ1) is 17.6. The molecule has 2 aromatic carbocycles. The number of hydrogen-bond donors (Lipinski definition) is 1. The molecule has 0 fully saturated rings. The molecule has 4 rings (SSSR count). The van der Waals surface area contributed by atoms with Crippen LogP contribution in [0, 0.1) is 0 Å². The molecular weight excluding hydrogens is 382 g/mol. The van der Waals surface area contributed by atoms with Crippen LogP contribution in [0.2, 0.25) is 0 Å². The van der Waals surface area contributed by atoms with Gasteiger partial charge in [0.05, 0.1) is 36.2 Å². The molecule has 0 bridgehead atoms. The van der Waals surface area contributed by atoms with E-state index in [9.17, 15) is 5.11 Å². The largest absolute Gasteiger partial charge is 0.507 e. The van der Waals surface area contributed by atoms with Crippen molar-refractivity contribution in [2.75, 3.05) is 21.3 Å². The molecule has 0 aliphatic rings. The molecule has 5 nitrogen and oxygen atoms in total. The molecule has 2 heterocycles. The first-order chi connectivity index (χ1) is 13.1. The van der Waals surface area contributed by atoms with Gasteiger partial charge in [0.2, 0.25) is 5.75 Å². The summed E-state index contributed by atoms with van der Waals surface area (Å²) in [4.78, 5) is 4.73. The highest BCUT2D eigenvalue weighted by Gasteiger charge is 2.13. The van der Waals surface area contributed by atoms with Gasteiger partial charge in [-0.05, 0) is 35.2 Å². The van der Waals surface area contributed by atoms with E-state index in [1.54, 1.807) is 38.7 Å². The normalized spacial score (nSPS) is 11.5. The van der Waals surface area contributed by atoms with Gasteiger partial charge in [0.1, 0.15) is 10.8 Å². The number of fused-ring (bicyclic) bond motifs is 3. The van der Waals surface area contributed by atoms with Gasteiger partial charge in [-0.15, -0.1) is 22.7 Å². The highest BCUT2D eigenvalue weighted by Crippen LogP contribution is 2.40. The zero-order valence-corrected chi connectivity index (χ0v) is 16.6. The number of aromatic hydroxyl groups is 1. The monoisotopic (exact) mass is 399 g/mol. The molecule has 0 spiro atoms. The van der Waals surface area contributed by atoms with Crippen LogP contribution in [-0.2, 0) is 0 Å². The third kappa shape index (κ3) is 3.09. The second-order valence-electron chi connectivity index (χ2n) is 5.75. The number of nitrogens with zero attached hydrogens (tertiary/aromatic N) is 1. The molecule has 27 heavy (non-hydrogen) atoms. The van der Waals surface area contributed by atoms with Gasteiger partial charge in [-0.2, -0.15) is 0 Å². The lowest BCUT2D eigenvalue weighted by Gasteiger charge is -2.12. The Labute approximate surface area is 164 Å². The molecular formula is C20H17NO4S2. The Morgan fingerprint density at radius 1 is 1.00 bits per heavy atom. The molecule has 138 valence electrons. The minimum Gasteiger partial charge on any atom is -0.507 e. The Hall–Kier alpha value is -2.77. The van der Waals surface area contributed by atoms with Crippen LogP contribution in [-0.4, -0.2) is 31.4 Å². The molecule has 0 saturated carbocycles. The molecule has 0 atom stereocenters. The van der Waals surface area contributed by atoms with Crippen molar-refractivity contribution in [2.24, 2.45) is 0 Å². The zero-order chi connectivity index (χ0) is 19.0. The Kier molecular flexibility index (Phi) is 4.63. The summed E-state index contributed by atoms with van der Waals surface area (Å²) in [5, 5.41) is 13.8. The molecule has 0 aliphatic heterocycles. The summed E-state index contributed by atoms with van der Waals surface area (Å²) in [5.41, 5.74) is 1.83. The fourth-order valence-electron chi connectivity index (χ4n) is 2.94. The van der Waals surface area contributed by atoms with E-state index in [2.05, 4.69) is 0 Å². The molecule has 4 aromatic rings. The maximum atomic E-state index is 10.2. The van der Waals surface area contributed by atoms with Crippen LogP contribution in [0.25, 0.3) is 32.5 Å². The Balaban J connectivity index is 1.74. The van der Waals surface area contributed by atoms with Gasteiger partial charge < -0.3 is 19.3 Å². The average molecular weight is 399 g/mol. The van der Waals surface area contributed by atoms with Crippen molar-refractivity contribution < 1.29 is 19.3 Å². The lowest BCUT2D eigenvalue weighted by Crippen LogP contribution is -1.95. The van der Waals surface area contributed by atoms with E-state index in [0.29, 0.717) is 23.0 Å². The van der Waals surface area contributed by atoms with Crippen LogP contribution in [0.15, 0.2) is 29.6 Å². The number of benzene rings is 2. The molecule has 7 heteroatoms. The van der Waals surface area contributed by atoms with Crippen molar-refractivity contribution in [1.82, 2.24) is 4.98 Å². The van der Waals surface area contributed by atoms with Gasteiger partial charge in [0.25, 0.3) is 0 Å². The van der Waals surface area contributed by atoms with Gasteiger partial charge in [0, 0.05) is 11.5 Å². The Morgan fingerprint density at radius 3 is 2.41 bits per heavy atom. The van der Waals surface area contributed by atoms with Gasteiger partial charge in [-0.1, -0.05) is 6.08 Å². The number of ether oxygens (including phenoxy) is 3. The van der Waals surface area contributed by atoms with E-state index in [1.807, 2.05) is 35.7 Å². The lowest BCUT2D eigenvalue weighted by molar-refractivity contribution is 0.324. The van der Waals surface area contributed by atoms with Crippen LogP contribution in [0.4, 0.5) is 0 Å². The number of methoxy groups -OCH3 is 3. The van der Waals surface area contributed by atoms with Crippen molar-refractivity contribution in [3.05, 3.63) is 40.2 Å². The van der Waals surface area contributed by atoms with Crippen molar-refractivity contribution in [3.8, 4) is 23.0 Å². The summed E-state index contributed by atoms with van der Waals surface area (Å²) in [5.74, 6) is 2.06. The van der Waals surface area contributed by atoms with Gasteiger partial charge in [-0.25, -0.2) is 4.98 Å². The maximum absolute atomic E-state index is 10.2. The third-order valence-corrected chi connectivity index (χ3v) is 6.09. The molecule has 1 N–H and O–H groups in total. The molecule has 0 saturated heterocycles. The van der Waals surface area contributed by atoms with Crippen molar-refractivity contribution in [1.29, 1.82) is 0 Å². The predicted octanol–water partition coefficient (Wildman–Crippen LogP) is 5.41. The van der Waals surface area contributed by atoms with Crippen molar-refractivity contribution >= 4 is 55.1 Å². The van der Waals surface area contributed by atoms with E-state index in [1.165, 1.54) is 11.3 Å². The summed E-state index contributed by atoms with van der Waals surface area (Å²) < 4.78 is 18.1. The summed E-state index contributed by atoms with van der Waals surface area (Å²) in [6, 6.07) is 7.46. The molecule has 2 aromatic heterocycles. The molecule has 0 aliphatic carbocycles. The van der Waals surface area contributed by atoms with Crippen molar-refractivity contribution in [3.63, 3.8) is 0 Å². The topological polar surface area (TPSA) is 60.8 Å². The highest BCUT2D eigenvalue weighted by molar-refractivity contribution is 7.22. The minimum absolute atomic E-state index is 0.294.